The Morgan fingerprint density at radius 1 is 1.40 bits per heavy atom. The van der Waals surface area contributed by atoms with Crippen LogP contribution in [0.5, 0.6) is 0 Å². The van der Waals surface area contributed by atoms with Gasteiger partial charge in [0.2, 0.25) is 0 Å². The molecule has 0 N–H and O–H groups in total. The summed E-state index contributed by atoms with van der Waals surface area (Å²) < 4.78 is 241. The highest BCUT2D eigenvalue weighted by atomic mass is 35.5. The summed E-state index contributed by atoms with van der Waals surface area (Å²) in [6, 6.07) is 5.91. The van der Waals surface area contributed by atoms with Gasteiger partial charge in [0.1, 0.15) is 11.6 Å². The molecule has 0 aliphatic heterocycles. The van der Waals surface area contributed by atoms with Gasteiger partial charge >= 0.3 is 5.97 Å². The van der Waals surface area contributed by atoms with E-state index in [1.54, 1.807) is 6.07 Å². The summed E-state index contributed by atoms with van der Waals surface area (Å²) in [7, 11) is 1.25. The Kier molecular flexibility index (Phi) is 1.13. The van der Waals surface area contributed by atoms with Crippen molar-refractivity contribution in [2.75, 3.05) is 7.11 Å². The maximum absolute atomic E-state index is 14.5. The Labute approximate surface area is 217 Å². The van der Waals surface area contributed by atoms with E-state index in [4.69, 9.17) is 76.9 Å². The van der Waals surface area contributed by atoms with Gasteiger partial charge in [0, 0.05) is 90.5 Å². The van der Waals surface area contributed by atoms with E-state index in [9.17, 15) is 9.18 Å². The SMILES string of the molecule is COC(=O)c1ccc(-c2ccn3c(CC4CC4)nnc3c2Cl)c(F)c1.[2HH].[2H][2H].[2H][2H].[2H][2H].[2H][2H].[2H][2H].[2H][2H].[2H][2H].[2H][2H].[2H][2H].[2H][2H].[2H][2H].[2H][2H].[2H][2H].[2H][2H].[2H][2H].[2H][2H].[2H][2H].[2H][2H].[2H][2H].[2H][2H].[2H][2H].[2H][2H]. The lowest BCUT2D eigenvalue weighted by Crippen LogP contribution is -2.02. The molecule has 0 atom stereocenters. The number of fused-ring (bicyclic) bond motifs is 1. The number of benzene rings is 1. The molecule has 0 spiro atoms. The second-order valence-corrected chi connectivity index (χ2v) is 6.56. The second kappa shape index (κ2) is 6.11. The van der Waals surface area contributed by atoms with Crippen molar-refractivity contribution in [3.05, 3.63) is 52.7 Å². The van der Waals surface area contributed by atoms with Crippen LogP contribution in [0, 0.1) is 11.7 Å². The average Bonchev–Trinajstić information content (AvgIpc) is 4.26. The Hall–Kier alpha value is -2.47. The number of rotatable bonds is 4. The summed E-state index contributed by atoms with van der Waals surface area (Å²) in [6.07, 6.45) is 5.12. The van der Waals surface area contributed by atoms with Crippen LogP contribution in [0.3, 0.4) is 0 Å². The number of nitrogens with zero attached hydrogens (tertiary/aromatic N) is 3. The van der Waals surface area contributed by atoms with E-state index in [0.29, 0.717) is 27.7 Å². The molecular weight excluding hydrogens is 345 g/mol. The van der Waals surface area contributed by atoms with Crippen LogP contribution in [0.1, 0.15) is 95.8 Å². The highest BCUT2D eigenvalue weighted by Gasteiger charge is 2.25. The standard InChI is InChI=1S/C18H15ClFN3O2.23H2/c1-25-18(24)11-4-5-12(14(20)9-11)13-6-7-23-15(8-10-2-3-10)21-22-17(23)16(13)19;;;;;;;;;;;;;;;;;;;;;;;/h4-7,9-10H,2-3,8H2,1H3;23*1H/i;22*1+1D;1+1. The minimum absolute atomic E-state index is 0. The van der Waals surface area contributed by atoms with Crippen molar-refractivity contribution in [2.24, 2.45) is 5.92 Å². The van der Waals surface area contributed by atoms with Gasteiger partial charge in [-0.2, -0.15) is 0 Å². The van der Waals surface area contributed by atoms with E-state index in [1.165, 1.54) is 32.1 Å². The van der Waals surface area contributed by atoms with Crippen LogP contribution >= 0.6 is 11.6 Å². The molecule has 1 aromatic carbocycles. The number of hydrogen-bond donors (Lipinski definition) is 0. The first-order chi connectivity index (χ1) is 34.1. The van der Waals surface area contributed by atoms with E-state index >= 15 is 0 Å². The molecular formula is C18H61ClFN3O2. The lowest BCUT2D eigenvalue weighted by Gasteiger charge is -2.09. The van der Waals surface area contributed by atoms with Crippen LogP contribution < -0.4 is 0 Å². The Bertz CT molecular complexity index is 1050. The number of pyridine rings is 1. The summed E-state index contributed by atoms with van der Waals surface area (Å²) in [5, 5.41) is 8.71. The molecule has 0 saturated heterocycles. The van der Waals surface area contributed by atoms with Crippen molar-refractivity contribution >= 4 is 23.2 Å². The first-order valence-electron chi connectivity index (χ1n) is 30.0. The number of hydrogen-bond acceptors (Lipinski definition) is 4. The van der Waals surface area contributed by atoms with Gasteiger partial charge in [-0.1, -0.05) is 17.7 Å². The van der Waals surface area contributed by atoms with E-state index in [0.717, 1.165) is 18.3 Å². The molecule has 0 radical (unpaired) electrons. The van der Waals surface area contributed by atoms with Crippen LogP contribution in [0.4, 0.5) is 4.39 Å². The molecule has 2 aromatic heterocycles. The predicted molar refractivity (Wildman–Crippen MR) is 140 cm³/mol. The van der Waals surface area contributed by atoms with E-state index in [-0.39, 0.29) is 6.99 Å². The predicted octanol–water partition coefficient (Wildman–Crippen LogP) is 9.59. The molecule has 1 aliphatic carbocycles. The fourth-order valence-electron chi connectivity index (χ4n) is 2.88. The summed E-state index contributed by atoms with van der Waals surface area (Å²) >= 11 is 6.46. The number of ether oxygens (including phenoxy) is 1. The molecule has 5 nitrogen and oxygen atoms in total. The molecule has 1 aliphatic rings. The molecule has 0 bridgehead atoms. The normalized spacial score (nSPS) is 21.1. The molecule has 25 heavy (non-hydrogen) atoms. The van der Waals surface area contributed by atoms with Gasteiger partial charge < -0.3 is 4.74 Å². The van der Waals surface area contributed by atoms with Crippen LogP contribution in [0.25, 0.3) is 16.8 Å². The largest absolute Gasteiger partial charge is 0.465 e. The third kappa shape index (κ3) is 2.87. The molecule has 1 saturated carbocycles. The topological polar surface area (TPSA) is 56.5 Å². The third-order valence-electron chi connectivity index (χ3n) is 4.44. The van der Waals surface area contributed by atoms with Gasteiger partial charge in [-0.3, -0.25) is 4.40 Å². The lowest BCUT2D eigenvalue weighted by atomic mass is 10.0. The van der Waals surface area contributed by atoms with Gasteiger partial charge in [0.05, 0.1) is 17.7 Å². The molecule has 3 aromatic rings. The molecule has 0 unspecified atom stereocenters. The van der Waals surface area contributed by atoms with Gasteiger partial charge in [0.15, 0.2) is 5.65 Å². The van der Waals surface area contributed by atoms with Gasteiger partial charge in [-0.25, -0.2) is 9.18 Å². The quantitative estimate of drug-likeness (QED) is 0.371. The molecule has 7 heteroatoms. The van der Waals surface area contributed by atoms with E-state index < -0.39 is 11.8 Å². The average molecular weight is 451 g/mol. The molecule has 174 valence electrons. The zero-order valence-electron chi connectivity index (χ0n) is 57.5. The van der Waals surface area contributed by atoms with E-state index in [2.05, 4.69) is 14.9 Å². The second-order valence-electron chi connectivity index (χ2n) is 6.19. The molecule has 0 amide bonds. The maximum Gasteiger partial charge on any atom is 0.337 e. The first kappa shape index (κ1) is 4.62. The van der Waals surface area contributed by atoms with Gasteiger partial charge in [0.25, 0.3) is 0 Å². The van der Waals surface area contributed by atoms with Crippen LogP contribution in [0.2, 0.25) is 5.02 Å². The maximum atomic E-state index is 14.5. The van der Waals surface area contributed by atoms with Crippen molar-refractivity contribution in [1.82, 2.24) is 14.6 Å². The summed E-state index contributed by atoms with van der Waals surface area (Å²) in [5.74, 6) is 0.405. The Balaban J connectivity index is -0.0000000263. The van der Waals surface area contributed by atoms with Crippen molar-refractivity contribution in [1.29, 1.82) is 0 Å². The van der Waals surface area contributed by atoms with Crippen molar-refractivity contribution in [2.45, 2.75) is 19.3 Å². The third-order valence-corrected chi connectivity index (χ3v) is 4.81. The minimum atomic E-state index is -0.589. The minimum Gasteiger partial charge on any atom is -0.465 e. The number of carbonyl (C=O) groups is 1. The highest BCUT2D eigenvalue weighted by Crippen LogP contribution is 2.35. The number of carbonyl (C=O) groups excluding carboxylic acids is 1. The van der Waals surface area contributed by atoms with Gasteiger partial charge in [-0.05, 0) is 37.0 Å². The molecule has 4 rings (SSSR count). The molecule has 2 heterocycles. The van der Waals surface area contributed by atoms with Crippen LogP contribution in [-0.4, -0.2) is 27.7 Å². The summed E-state index contributed by atoms with van der Waals surface area (Å²) in [5.41, 5.74) is 1.46. The van der Waals surface area contributed by atoms with Crippen molar-refractivity contribution in [3.8, 4) is 11.1 Å². The van der Waals surface area contributed by atoms with Crippen molar-refractivity contribution in [3.63, 3.8) is 0 Å². The fourth-order valence-corrected chi connectivity index (χ4v) is 3.17. The molecule has 1 fully saturated rings. The Morgan fingerprint density at radius 3 is 2.88 bits per heavy atom. The number of esters is 1. The lowest BCUT2D eigenvalue weighted by molar-refractivity contribution is 0.0600. The highest BCUT2D eigenvalue weighted by molar-refractivity contribution is 6.36. The number of methoxy groups -OCH3 is 1. The Morgan fingerprint density at radius 2 is 2.20 bits per heavy atom. The van der Waals surface area contributed by atoms with Crippen LogP contribution in [-0.2, 0) is 11.2 Å². The summed E-state index contributed by atoms with van der Waals surface area (Å²) in [6.45, 7) is 0. The fraction of sp³-hybridized carbons (Fsp3) is 0.278. The first-order valence-corrected chi connectivity index (χ1v) is 8.36. The number of halogens is 2. The summed E-state index contributed by atoms with van der Waals surface area (Å²) in [4.78, 5) is 11.5. The monoisotopic (exact) mass is 451 g/mol. The van der Waals surface area contributed by atoms with Crippen molar-refractivity contribution < 1.29 is 80.7 Å². The smallest absolute Gasteiger partial charge is 0.337 e. The van der Waals surface area contributed by atoms with E-state index in [1.807, 2.05) is 10.6 Å². The van der Waals surface area contributed by atoms with Crippen LogP contribution in [0.15, 0.2) is 30.5 Å². The zero-order valence-corrected chi connectivity index (χ0v) is 14.3. The van der Waals surface area contributed by atoms with Gasteiger partial charge in [-0.15, -0.1) is 10.2 Å². The number of aromatic nitrogens is 3. The zero-order chi connectivity index (χ0) is 61.6.